The predicted molar refractivity (Wildman–Crippen MR) is 108 cm³/mol. The second-order valence-corrected chi connectivity index (χ2v) is 6.69. The molecule has 0 radical (unpaired) electrons. The molecule has 1 atom stereocenters. The summed E-state index contributed by atoms with van der Waals surface area (Å²) in [6, 6.07) is 11.9. The van der Waals surface area contributed by atoms with Crippen LogP contribution in [0.2, 0.25) is 10.0 Å². The summed E-state index contributed by atoms with van der Waals surface area (Å²) < 4.78 is 15.8. The van der Waals surface area contributed by atoms with Gasteiger partial charge in [-0.15, -0.1) is 0 Å². The largest absolute Gasteiger partial charge is 0.495 e. The van der Waals surface area contributed by atoms with Crippen molar-refractivity contribution in [3.63, 3.8) is 0 Å². The first kappa shape index (κ1) is 21.9. The summed E-state index contributed by atoms with van der Waals surface area (Å²) in [5.41, 5.74) is 0.506. The van der Waals surface area contributed by atoms with E-state index < -0.39 is 18.0 Å². The summed E-state index contributed by atoms with van der Waals surface area (Å²) in [5.74, 6) is 0.0758. The number of nitrogens with one attached hydrogen (secondary N) is 1. The second-order valence-electron chi connectivity index (χ2n) is 5.85. The van der Waals surface area contributed by atoms with E-state index in [1.54, 1.807) is 42.5 Å². The quantitative estimate of drug-likeness (QED) is 0.464. The third-order valence-electron chi connectivity index (χ3n) is 3.72. The zero-order chi connectivity index (χ0) is 20.5. The normalized spacial score (nSPS) is 11.4. The second kappa shape index (κ2) is 10.8. The molecule has 0 saturated heterocycles. The van der Waals surface area contributed by atoms with Crippen LogP contribution >= 0.6 is 23.2 Å². The van der Waals surface area contributed by atoms with Crippen LogP contribution in [0.4, 0.5) is 5.69 Å². The maximum atomic E-state index is 12.2. The van der Waals surface area contributed by atoms with Crippen molar-refractivity contribution < 1.29 is 23.8 Å². The topological polar surface area (TPSA) is 73.9 Å². The molecule has 0 heterocycles. The van der Waals surface area contributed by atoms with E-state index in [2.05, 4.69) is 5.32 Å². The molecule has 8 heteroatoms. The van der Waals surface area contributed by atoms with Crippen LogP contribution in [-0.2, 0) is 14.3 Å². The Bertz CT molecular complexity index is 828. The molecule has 6 nitrogen and oxygen atoms in total. The Morgan fingerprint density at radius 1 is 1.11 bits per heavy atom. The van der Waals surface area contributed by atoms with Crippen molar-refractivity contribution in [3.05, 3.63) is 52.5 Å². The number of amides is 1. The Kier molecular flexibility index (Phi) is 8.42. The number of carbonyl (C=O) groups excluding carboxylic acids is 2. The van der Waals surface area contributed by atoms with Crippen LogP contribution in [0.15, 0.2) is 42.5 Å². The van der Waals surface area contributed by atoms with Gasteiger partial charge in [-0.1, -0.05) is 35.3 Å². The summed E-state index contributed by atoms with van der Waals surface area (Å²) in [6.07, 6.45) is -0.417. The van der Waals surface area contributed by atoms with Crippen molar-refractivity contribution in [1.29, 1.82) is 0 Å². The smallest absolute Gasteiger partial charge is 0.306 e. The van der Waals surface area contributed by atoms with E-state index in [4.69, 9.17) is 37.4 Å². The fourth-order valence-electron chi connectivity index (χ4n) is 2.28. The Labute approximate surface area is 173 Å². The van der Waals surface area contributed by atoms with Gasteiger partial charge < -0.3 is 19.5 Å². The maximum absolute atomic E-state index is 12.2. The highest BCUT2D eigenvalue weighted by Gasteiger charge is 2.19. The lowest BCUT2D eigenvalue weighted by Crippen LogP contribution is -2.30. The van der Waals surface area contributed by atoms with Gasteiger partial charge in [0, 0.05) is 11.4 Å². The highest BCUT2D eigenvalue weighted by molar-refractivity contribution is 6.35. The Morgan fingerprint density at radius 2 is 1.86 bits per heavy atom. The highest BCUT2D eigenvalue weighted by Crippen LogP contribution is 2.27. The molecule has 0 aliphatic carbocycles. The van der Waals surface area contributed by atoms with Crippen molar-refractivity contribution in [2.24, 2.45) is 0 Å². The van der Waals surface area contributed by atoms with Crippen LogP contribution in [0, 0.1) is 0 Å². The molecule has 2 aromatic rings. The molecule has 2 rings (SSSR count). The summed E-state index contributed by atoms with van der Waals surface area (Å²) in [7, 11) is 1.51. The summed E-state index contributed by atoms with van der Waals surface area (Å²) in [6.45, 7) is 1.78. The zero-order valence-corrected chi connectivity index (χ0v) is 17.0. The van der Waals surface area contributed by atoms with E-state index in [0.717, 1.165) is 0 Å². The summed E-state index contributed by atoms with van der Waals surface area (Å²) in [4.78, 5) is 24.1. The molecule has 0 aliphatic rings. The molecule has 2 aromatic carbocycles. The first-order valence-corrected chi connectivity index (χ1v) is 9.37. The molecular formula is C20H21Cl2NO5. The maximum Gasteiger partial charge on any atom is 0.306 e. The van der Waals surface area contributed by atoms with Gasteiger partial charge in [-0.2, -0.15) is 0 Å². The first-order chi connectivity index (χ1) is 13.4. The van der Waals surface area contributed by atoms with Gasteiger partial charge in [0.2, 0.25) is 0 Å². The van der Waals surface area contributed by atoms with E-state index >= 15 is 0 Å². The van der Waals surface area contributed by atoms with E-state index in [1.807, 2.05) is 0 Å². The number of benzene rings is 2. The number of carbonyl (C=O) groups is 2. The van der Waals surface area contributed by atoms with E-state index in [-0.39, 0.29) is 13.0 Å². The van der Waals surface area contributed by atoms with Crippen molar-refractivity contribution in [2.45, 2.75) is 25.9 Å². The van der Waals surface area contributed by atoms with Gasteiger partial charge in [-0.3, -0.25) is 9.59 Å². The van der Waals surface area contributed by atoms with Gasteiger partial charge in [0.25, 0.3) is 5.91 Å². The standard InChI is InChI=1S/C20H21Cl2NO5/c1-13(20(25)23-16-6-3-4-7-18(16)26-2)28-19(24)8-5-11-27-17-10-9-14(21)12-15(17)22/h3-4,6-7,9-10,12-13H,5,8,11H2,1-2H3,(H,23,25). The van der Waals surface area contributed by atoms with Gasteiger partial charge in [0.1, 0.15) is 11.5 Å². The van der Waals surface area contributed by atoms with Crippen LogP contribution in [-0.4, -0.2) is 31.7 Å². The van der Waals surface area contributed by atoms with E-state index in [0.29, 0.717) is 33.7 Å². The lowest BCUT2D eigenvalue weighted by Gasteiger charge is -2.15. The molecule has 0 aliphatic heterocycles. The predicted octanol–water partition coefficient (Wildman–Crippen LogP) is 4.73. The van der Waals surface area contributed by atoms with Crippen LogP contribution in [0.1, 0.15) is 19.8 Å². The van der Waals surface area contributed by atoms with Gasteiger partial charge in [0.05, 0.1) is 24.4 Å². The lowest BCUT2D eigenvalue weighted by atomic mass is 10.2. The molecular weight excluding hydrogens is 405 g/mol. The van der Waals surface area contributed by atoms with Crippen LogP contribution in [0.25, 0.3) is 0 Å². The number of para-hydroxylation sites is 2. The van der Waals surface area contributed by atoms with Gasteiger partial charge in [-0.05, 0) is 43.7 Å². The number of anilines is 1. The molecule has 0 spiro atoms. The molecule has 1 N–H and O–H groups in total. The minimum absolute atomic E-state index is 0.109. The monoisotopic (exact) mass is 425 g/mol. The van der Waals surface area contributed by atoms with Crippen LogP contribution < -0.4 is 14.8 Å². The summed E-state index contributed by atoms with van der Waals surface area (Å²) >= 11 is 11.8. The molecule has 0 bridgehead atoms. The molecule has 1 unspecified atom stereocenters. The molecule has 0 saturated carbocycles. The fraction of sp³-hybridized carbons (Fsp3) is 0.300. The molecule has 0 fully saturated rings. The first-order valence-electron chi connectivity index (χ1n) is 8.62. The van der Waals surface area contributed by atoms with Crippen molar-refractivity contribution in [1.82, 2.24) is 0 Å². The van der Waals surface area contributed by atoms with Gasteiger partial charge in [0.15, 0.2) is 6.10 Å². The number of ether oxygens (including phenoxy) is 3. The number of hydrogen-bond donors (Lipinski definition) is 1. The number of halogens is 2. The van der Waals surface area contributed by atoms with Crippen LogP contribution in [0.5, 0.6) is 11.5 Å². The minimum atomic E-state index is -0.941. The van der Waals surface area contributed by atoms with Gasteiger partial charge in [-0.25, -0.2) is 0 Å². The van der Waals surface area contributed by atoms with Crippen LogP contribution in [0.3, 0.4) is 0 Å². The van der Waals surface area contributed by atoms with Crippen molar-refractivity contribution in [3.8, 4) is 11.5 Å². The molecule has 28 heavy (non-hydrogen) atoms. The Hall–Kier alpha value is -2.44. The lowest BCUT2D eigenvalue weighted by molar-refractivity contribution is -0.153. The Balaban J connectivity index is 1.73. The molecule has 150 valence electrons. The van der Waals surface area contributed by atoms with Gasteiger partial charge >= 0.3 is 5.97 Å². The third kappa shape index (κ3) is 6.62. The molecule has 0 aromatic heterocycles. The third-order valence-corrected chi connectivity index (χ3v) is 4.25. The molecule has 1 amide bonds. The van der Waals surface area contributed by atoms with Crippen molar-refractivity contribution in [2.75, 3.05) is 19.0 Å². The van der Waals surface area contributed by atoms with E-state index in [1.165, 1.54) is 14.0 Å². The summed E-state index contributed by atoms with van der Waals surface area (Å²) in [5, 5.41) is 3.59. The number of hydrogen-bond acceptors (Lipinski definition) is 5. The number of methoxy groups -OCH3 is 1. The fourth-order valence-corrected chi connectivity index (χ4v) is 2.75. The Morgan fingerprint density at radius 3 is 2.57 bits per heavy atom. The average Bonchev–Trinajstić information content (AvgIpc) is 2.67. The number of esters is 1. The highest BCUT2D eigenvalue weighted by atomic mass is 35.5. The van der Waals surface area contributed by atoms with E-state index in [9.17, 15) is 9.59 Å². The van der Waals surface area contributed by atoms with Crippen molar-refractivity contribution >= 4 is 40.8 Å². The SMILES string of the molecule is COc1ccccc1NC(=O)C(C)OC(=O)CCCOc1ccc(Cl)cc1Cl. The zero-order valence-electron chi connectivity index (χ0n) is 15.5. The average molecular weight is 426 g/mol. The number of rotatable bonds is 9. The minimum Gasteiger partial charge on any atom is -0.495 e.